The third-order valence-electron chi connectivity index (χ3n) is 4.25. The Hall–Kier alpha value is -1.98. The number of halogens is 1. The minimum Gasteiger partial charge on any atom is -0.326 e. The molecule has 0 aromatic heterocycles. The number of carbonyl (C=O) groups excluding carboxylic acids is 1. The van der Waals surface area contributed by atoms with Crippen LogP contribution in [0, 0.1) is 0 Å². The molecular formula is C19H24ClN3O5S2. The maximum atomic E-state index is 12.5. The van der Waals surface area contributed by atoms with Crippen molar-refractivity contribution in [1.29, 1.82) is 0 Å². The Kier molecular flexibility index (Phi) is 8.39. The van der Waals surface area contributed by atoms with Crippen molar-refractivity contribution in [2.24, 2.45) is 0 Å². The summed E-state index contributed by atoms with van der Waals surface area (Å²) in [5, 5.41) is 3.03. The lowest BCUT2D eigenvalue weighted by Gasteiger charge is -2.18. The van der Waals surface area contributed by atoms with Gasteiger partial charge in [-0.3, -0.25) is 4.79 Å². The third-order valence-corrected chi connectivity index (χ3v) is 8.04. The molecule has 8 nitrogen and oxygen atoms in total. The number of hydrogen-bond donors (Lipinski definition) is 2. The van der Waals surface area contributed by atoms with Crippen LogP contribution in [0.3, 0.4) is 0 Å². The Labute approximate surface area is 182 Å². The monoisotopic (exact) mass is 473 g/mol. The Bertz CT molecular complexity index is 1070. The fourth-order valence-corrected chi connectivity index (χ4v) is 5.26. The third kappa shape index (κ3) is 6.26. The lowest BCUT2D eigenvalue weighted by molar-refractivity contribution is -0.116. The highest BCUT2D eigenvalue weighted by Crippen LogP contribution is 2.18. The number of nitrogens with zero attached hydrogens (tertiary/aromatic N) is 1. The van der Waals surface area contributed by atoms with E-state index in [9.17, 15) is 21.6 Å². The number of anilines is 1. The molecule has 0 bridgehead atoms. The topological polar surface area (TPSA) is 113 Å². The fourth-order valence-electron chi connectivity index (χ4n) is 2.64. The first-order chi connectivity index (χ1) is 14.1. The molecule has 0 saturated carbocycles. The predicted octanol–water partition coefficient (Wildman–Crippen LogP) is 2.68. The van der Waals surface area contributed by atoms with Gasteiger partial charge in [-0.2, -0.15) is 4.31 Å². The number of benzene rings is 2. The Balaban J connectivity index is 1.91. The minimum atomic E-state index is -3.74. The molecule has 164 valence electrons. The second-order valence-electron chi connectivity index (χ2n) is 6.26. The van der Waals surface area contributed by atoms with Gasteiger partial charge in [0.05, 0.1) is 9.79 Å². The first kappa shape index (κ1) is 24.3. The van der Waals surface area contributed by atoms with Gasteiger partial charge >= 0.3 is 0 Å². The molecule has 0 atom stereocenters. The van der Waals surface area contributed by atoms with Crippen molar-refractivity contribution in [3.63, 3.8) is 0 Å². The average Bonchev–Trinajstić information content (AvgIpc) is 2.69. The van der Waals surface area contributed by atoms with Crippen LogP contribution in [0.4, 0.5) is 5.69 Å². The molecule has 0 aliphatic heterocycles. The summed E-state index contributed by atoms with van der Waals surface area (Å²) >= 11 is 5.75. The largest absolute Gasteiger partial charge is 0.326 e. The number of hydrogen-bond acceptors (Lipinski definition) is 5. The van der Waals surface area contributed by atoms with Crippen molar-refractivity contribution < 1.29 is 21.6 Å². The Morgan fingerprint density at radius 2 is 1.43 bits per heavy atom. The first-order valence-electron chi connectivity index (χ1n) is 9.25. The van der Waals surface area contributed by atoms with E-state index in [1.165, 1.54) is 52.8 Å². The number of amides is 1. The Morgan fingerprint density at radius 1 is 0.900 bits per heavy atom. The summed E-state index contributed by atoms with van der Waals surface area (Å²) in [6, 6.07) is 11.5. The Morgan fingerprint density at radius 3 is 1.97 bits per heavy atom. The van der Waals surface area contributed by atoms with Crippen LogP contribution < -0.4 is 10.0 Å². The van der Waals surface area contributed by atoms with Gasteiger partial charge in [-0.25, -0.2) is 21.6 Å². The summed E-state index contributed by atoms with van der Waals surface area (Å²) < 4.78 is 53.0. The van der Waals surface area contributed by atoms with Crippen molar-refractivity contribution in [1.82, 2.24) is 9.03 Å². The molecule has 0 saturated heterocycles. The van der Waals surface area contributed by atoms with Gasteiger partial charge in [0.25, 0.3) is 0 Å². The molecule has 0 aliphatic carbocycles. The van der Waals surface area contributed by atoms with E-state index in [-0.39, 0.29) is 22.8 Å². The highest BCUT2D eigenvalue weighted by molar-refractivity contribution is 7.89. The van der Waals surface area contributed by atoms with Gasteiger partial charge < -0.3 is 5.32 Å². The molecule has 2 N–H and O–H groups in total. The molecular weight excluding hydrogens is 450 g/mol. The number of sulfonamides is 2. The molecule has 0 fully saturated rings. The molecule has 2 aromatic rings. The van der Waals surface area contributed by atoms with Crippen LogP contribution in [0.5, 0.6) is 0 Å². The van der Waals surface area contributed by atoms with Gasteiger partial charge in [-0.05, 0) is 48.5 Å². The zero-order valence-corrected chi connectivity index (χ0v) is 19.0. The first-order valence-corrected chi connectivity index (χ1v) is 12.6. The van der Waals surface area contributed by atoms with Gasteiger partial charge in [0.2, 0.25) is 26.0 Å². The molecule has 2 rings (SSSR count). The SMILES string of the molecule is CCN(CC)S(=O)(=O)c1ccc(NC(=O)CCNS(=O)(=O)c2ccc(Cl)cc2)cc1. The van der Waals surface area contributed by atoms with E-state index in [2.05, 4.69) is 10.0 Å². The molecule has 11 heteroatoms. The normalized spacial score (nSPS) is 12.1. The van der Waals surface area contributed by atoms with Crippen molar-refractivity contribution in [2.45, 2.75) is 30.1 Å². The van der Waals surface area contributed by atoms with Crippen molar-refractivity contribution in [2.75, 3.05) is 25.0 Å². The molecule has 2 aromatic carbocycles. The van der Waals surface area contributed by atoms with Crippen molar-refractivity contribution in [3.05, 3.63) is 53.6 Å². The van der Waals surface area contributed by atoms with E-state index in [0.29, 0.717) is 23.8 Å². The average molecular weight is 474 g/mol. The van der Waals surface area contributed by atoms with Gasteiger partial charge in [-0.15, -0.1) is 0 Å². The van der Waals surface area contributed by atoms with Crippen LogP contribution in [0.2, 0.25) is 5.02 Å². The van der Waals surface area contributed by atoms with E-state index in [1.807, 2.05) is 0 Å². The van der Waals surface area contributed by atoms with Crippen LogP contribution >= 0.6 is 11.6 Å². The van der Waals surface area contributed by atoms with E-state index in [1.54, 1.807) is 13.8 Å². The van der Waals surface area contributed by atoms with Crippen LogP contribution in [0.15, 0.2) is 58.3 Å². The molecule has 0 radical (unpaired) electrons. The smallest absolute Gasteiger partial charge is 0.243 e. The highest BCUT2D eigenvalue weighted by atomic mass is 35.5. The van der Waals surface area contributed by atoms with E-state index in [0.717, 1.165) is 0 Å². The fraction of sp³-hybridized carbons (Fsp3) is 0.316. The molecule has 0 unspecified atom stereocenters. The molecule has 30 heavy (non-hydrogen) atoms. The molecule has 0 heterocycles. The second-order valence-corrected chi connectivity index (χ2v) is 10.4. The summed E-state index contributed by atoms with van der Waals surface area (Å²) in [5.74, 6) is -0.409. The van der Waals surface area contributed by atoms with Gasteiger partial charge in [0.1, 0.15) is 0 Å². The zero-order chi connectivity index (χ0) is 22.4. The van der Waals surface area contributed by atoms with E-state index >= 15 is 0 Å². The summed E-state index contributed by atoms with van der Waals surface area (Å²) in [7, 11) is -7.31. The maximum absolute atomic E-state index is 12.5. The summed E-state index contributed by atoms with van der Waals surface area (Å²) in [6.07, 6.45) is -0.0910. The summed E-state index contributed by atoms with van der Waals surface area (Å²) in [6.45, 7) is 4.16. The second kappa shape index (κ2) is 10.4. The van der Waals surface area contributed by atoms with Crippen LogP contribution in [0.25, 0.3) is 0 Å². The molecule has 0 spiro atoms. The van der Waals surface area contributed by atoms with Crippen LogP contribution in [-0.2, 0) is 24.8 Å². The lowest BCUT2D eigenvalue weighted by Crippen LogP contribution is -2.30. The van der Waals surface area contributed by atoms with E-state index < -0.39 is 26.0 Å². The number of rotatable bonds is 10. The van der Waals surface area contributed by atoms with Crippen LogP contribution in [-0.4, -0.2) is 46.7 Å². The van der Waals surface area contributed by atoms with E-state index in [4.69, 9.17) is 11.6 Å². The molecule has 0 aliphatic rings. The number of nitrogens with one attached hydrogen (secondary N) is 2. The standard InChI is InChI=1S/C19H24ClN3O5S2/c1-3-23(4-2)30(27,28)18-11-7-16(8-12-18)22-19(24)13-14-21-29(25,26)17-9-5-15(20)6-10-17/h5-12,21H,3-4,13-14H2,1-2H3,(H,22,24). The predicted molar refractivity (Wildman–Crippen MR) is 116 cm³/mol. The van der Waals surface area contributed by atoms with Crippen molar-refractivity contribution >= 4 is 43.2 Å². The summed E-state index contributed by atoms with van der Waals surface area (Å²) in [5.41, 5.74) is 0.416. The van der Waals surface area contributed by atoms with Gasteiger partial charge in [-0.1, -0.05) is 25.4 Å². The van der Waals surface area contributed by atoms with Gasteiger partial charge in [0, 0.05) is 36.8 Å². The lowest BCUT2D eigenvalue weighted by atomic mass is 10.3. The van der Waals surface area contributed by atoms with Gasteiger partial charge in [0.15, 0.2) is 0 Å². The maximum Gasteiger partial charge on any atom is 0.243 e. The molecule has 1 amide bonds. The summed E-state index contributed by atoms with van der Waals surface area (Å²) in [4.78, 5) is 12.3. The zero-order valence-electron chi connectivity index (χ0n) is 16.6. The minimum absolute atomic E-state index is 0.0531. The number of carbonyl (C=O) groups is 1. The van der Waals surface area contributed by atoms with Crippen LogP contribution in [0.1, 0.15) is 20.3 Å². The quantitative estimate of drug-likeness (QED) is 0.550. The highest BCUT2D eigenvalue weighted by Gasteiger charge is 2.21. The van der Waals surface area contributed by atoms with Crippen molar-refractivity contribution in [3.8, 4) is 0 Å².